The number of fused-ring (bicyclic) bond motifs is 3. The van der Waals surface area contributed by atoms with E-state index in [-0.39, 0.29) is 23.4 Å². The number of H-pyrrole nitrogens is 2. The predicted molar refractivity (Wildman–Crippen MR) is 144 cm³/mol. The van der Waals surface area contributed by atoms with Gasteiger partial charge >= 0.3 is 6.03 Å². The van der Waals surface area contributed by atoms with E-state index >= 15 is 4.39 Å². The third kappa shape index (κ3) is 3.26. The van der Waals surface area contributed by atoms with Crippen molar-refractivity contribution in [3.63, 3.8) is 0 Å². The third-order valence-electron chi connectivity index (χ3n) is 8.74. The second-order valence-corrected chi connectivity index (χ2v) is 10.9. The molecule has 4 aromatic heterocycles. The van der Waals surface area contributed by atoms with Crippen LogP contribution >= 0.6 is 0 Å². The van der Waals surface area contributed by atoms with Crippen molar-refractivity contribution in [2.45, 2.75) is 31.6 Å². The van der Waals surface area contributed by atoms with Gasteiger partial charge < -0.3 is 14.4 Å². The lowest BCUT2D eigenvalue weighted by atomic mass is 10.0. The zero-order valence-electron chi connectivity index (χ0n) is 21.4. The number of amides is 2. The number of hydrogen-bond donors (Lipinski definition) is 2. The van der Waals surface area contributed by atoms with E-state index < -0.39 is 0 Å². The highest BCUT2D eigenvalue weighted by Crippen LogP contribution is 2.38. The second kappa shape index (κ2) is 8.06. The Balaban J connectivity index is 1.21. The van der Waals surface area contributed by atoms with Gasteiger partial charge in [0.25, 0.3) is 5.56 Å². The van der Waals surface area contributed by atoms with Crippen molar-refractivity contribution >= 4 is 22.6 Å². The molecule has 2 N–H and O–H groups in total. The number of urea groups is 1. The van der Waals surface area contributed by atoms with Gasteiger partial charge in [0.05, 0.1) is 28.7 Å². The molecule has 2 saturated heterocycles. The number of halogens is 1. The number of piperazine rings is 1. The number of carbonyl (C=O) groups is 1. The summed E-state index contributed by atoms with van der Waals surface area (Å²) in [6.07, 6.45) is 6.52. The molecule has 2 unspecified atom stereocenters. The highest BCUT2D eigenvalue weighted by Gasteiger charge is 2.45. The molecular formula is C28H27FN8O2. The lowest BCUT2D eigenvalue weighted by Crippen LogP contribution is -2.52. The van der Waals surface area contributed by atoms with Crippen molar-refractivity contribution < 1.29 is 9.18 Å². The van der Waals surface area contributed by atoms with Crippen LogP contribution in [-0.2, 0) is 13.1 Å². The molecule has 5 aromatic rings. The maximum atomic E-state index is 15.1. The molecule has 2 fully saturated rings. The van der Waals surface area contributed by atoms with Crippen molar-refractivity contribution in [3.05, 3.63) is 70.7 Å². The first-order valence-electron chi connectivity index (χ1n) is 13.3. The van der Waals surface area contributed by atoms with Crippen molar-refractivity contribution in [1.82, 2.24) is 38.8 Å². The Hall–Kier alpha value is -4.38. The number of imidazole rings is 1. The molecule has 0 saturated carbocycles. The summed E-state index contributed by atoms with van der Waals surface area (Å²) < 4.78 is 19.1. The maximum Gasteiger partial charge on any atom is 0.320 e. The van der Waals surface area contributed by atoms with Gasteiger partial charge in [-0.1, -0.05) is 6.07 Å². The second-order valence-electron chi connectivity index (χ2n) is 10.9. The fourth-order valence-corrected chi connectivity index (χ4v) is 6.87. The van der Waals surface area contributed by atoms with Crippen LogP contribution in [0.3, 0.4) is 0 Å². The Morgan fingerprint density at radius 2 is 2.03 bits per heavy atom. The van der Waals surface area contributed by atoms with Gasteiger partial charge in [-0.2, -0.15) is 0 Å². The number of hydrogen-bond acceptors (Lipinski definition) is 4. The largest absolute Gasteiger partial charge is 0.345 e. The fraction of sp³-hybridized carbons (Fsp3) is 0.321. The molecule has 39 heavy (non-hydrogen) atoms. The van der Waals surface area contributed by atoms with Gasteiger partial charge in [-0.15, -0.1) is 0 Å². The van der Waals surface area contributed by atoms with Crippen LogP contribution in [-0.4, -0.2) is 83.6 Å². The summed E-state index contributed by atoms with van der Waals surface area (Å²) in [5.41, 5.74) is 4.50. The maximum absolute atomic E-state index is 15.1. The lowest BCUT2D eigenvalue weighted by molar-refractivity contribution is 0.117. The minimum atomic E-state index is -0.373. The third-order valence-corrected chi connectivity index (χ3v) is 8.74. The Bertz CT molecular complexity index is 1850. The number of nitrogens with zero attached hydrogens (tertiary/aromatic N) is 6. The first kappa shape index (κ1) is 22.6. The molecule has 0 spiro atoms. The summed E-state index contributed by atoms with van der Waals surface area (Å²) >= 11 is 0. The van der Waals surface area contributed by atoms with Gasteiger partial charge in [0.15, 0.2) is 0 Å². The van der Waals surface area contributed by atoms with Crippen LogP contribution in [0.4, 0.5) is 9.18 Å². The molecule has 0 radical (unpaired) electrons. The van der Waals surface area contributed by atoms with E-state index in [4.69, 9.17) is 0 Å². The molecule has 2 atom stereocenters. The first-order chi connectivity index (χ1) is 19.0. The average Bonchev–Trinajstić information content (AvgIpc) is 3.72. The lowest BCUT2D eigenvalue weighted by Gasteiger charge is -2.35. The Morgan fingerprint density at radius 3 is 2.85 bits per heavy atom. The highest BCUT2D eigenvalue weighted by molar-refractivity contribution is 6.00. The van der Waals surface area contributed by atoms with Crippen molar-refractivity contribution in [2.24, 2.45) is 0 Å². The number of carbonyl (C=O) groups excluding carboxylic acids is 1. The molecule has 198 valence electrons. The van der Waals surface area contributed by atoms with Crippen LogP contribution in [0.15, 0.2) is 53.7 Å². The smallest absolute Gasteiger partial charge is 0.320 e. The average molecular weight is 527 g/mol. The summed E-state index contributed by atoms with van der Waals surface area (Å²) in [4.78, 5) is 37.2. The first-order valence-corrected chi connectivity index (χ1v) is 13.3. The Morgan fingerprint density at radius 1 is 1.13 bits per heavy atom. The summed E-state index contributed by atoms with van der Waals surface area (Å²) in [5.74, 6) is -0.373. The highest BCUT2D eigenvalue weighted by atomic mass is 19.1. The van der Waals surface area contributed by atoms with E-state index in [2.05, 4.69) is 31.7 Å². The van der Waals surface area contributed by atoms with E-state index in [0.717, 1.165) is 41.8 Å². The monoisotopic (exact) mass is 526 g/mol. The summed E-state index contributed by atoms with van der Waals surface area (Å²) in [6, 6.07) is 9.41. The van der Waals surface area contributed by atoms with Crippen LogP contribution in [0.25, 0.3) is 39.1 Å². The number of nitrogens with one attached hydrogen (secondary N) is 2. The molecule has 3 aliphatic heterocycles. The van der Waals surface area contributed by atoms with Gasteiger partial charge in [-0.05, 0) is 43.3 Å². The van der Waals surface area contributed by atoms with E-state index in [0.29, 0.717) is 48.0 Å². The molecule has 8 rings (SSSR count). The SMILES string of the molecule is CN1CC2CC1CN2C(=O)N1CCn2cc(-c3[nH][nH]c(=O)c3-c3cnc4ccccn34)c3cc(F)cc(c32)C1. The van der Waals surface area contributed by atoms with Gasteiger partial charge in [0.2, 0.25) is 0 Å². The number of benzene rings is 1. The van der Waals surface area contributed by atoms with Crippen LogP contribution in [0, 0.1) is 5.82 Å². The number of likely N-dealkylation sites (N-methyl/N-ethyl adjacent to an activating group) is 1. The predicted octanol–water partition coefficient (Wildman–Crippen LogP) is 3.10. The molecule has 1 aromatic carbocycles. The summed E-state index contributed by atoms with van der Waals surface area (Å²) in [6.45, 7) is 3.08. The molecule has 2 bridgehead atoms. The molecular weight excluding hydrogens is 499 g/mol. The van der Waals surface area contributed by atoms with E-state index in [1.807, 2.05) is 44.8 Å². The number of rotatable bonds is 2. The van der Waals surface area contributed by atoms with Crippen molar-refractivity contribution in [1.29, 1.82) is 0 Å². The summed E-state index contributed by atoms with van der Waals surface area (Å²) in [5, 5.41) is 6.46. The van der Waals surface area contributed by atoms with Crippen molar-refractivity contribution in [2.75, 3.05) is 26.7 Å². The number of aromatic nitrogens is 5. The Labute approximate surface area is 222 Å². The topological polar surface area (TPSA) is 97.7 Å². The zero-order valence-corrected chi connectivity index (χ0v) is 21.4. The molecule has 0 aliphatic carbocycles. The minimum Gasteiger partial charge on any atom is -0.345 e. The van der Waals surface area contributed by atoms with Crippen molar-refractivity contribution in [3.8, 4) is 22.5 Å². The quantitative estimate of drug-likeness (QED) is 0.370. The van der Waals surface area contributed by atoms with Gasteiger partial charge in [-0.25, -0.2) is 14.2 Å². The summed E-state index contributed by atoms with van der Waals surface area (Å²) in [7, 11) is 2.12. The number of likely N-dealkylation sites (tertiary alicyclic amines) is 2. The molecule has 10 nitrogen and oxygen atoms in total. The van der Waals surface area contributed by atoms with Gasteiger partial charge in [0.1, 0.15) is 11.5 Å². The molecule has 2 amide bonds. The van der Waals surface area contributed by atoms with E-state index in [9.17, 15) is 9.59 Å². The van der Waals surface area contributed by atoms with Gasteiger partial charge in [-0.3, -0.25) is 24.3 Å². The normalized spacial score (nSPS) is 21.0. The Kier molecular flexibility index (Phi) is 4.67. The van der Waals surface area contributed by atoms with Gasteiger partial charge in [0, 0.05) is 68.2 Å². The standard InChI is InChI=1S/C28H27FN8O2/c1-33-13-19-10-18(33)14-37(19)28(39)35-7-6-34-15-21(20-9-17(29)8-16(12-35)26(20)34)25-24(27(38)32-31-25)22-11-30-23-4-2-3-5-36(22)23/h2-5,8-9,11,15,18-19H,6-7,10,12-14H2,1H3,(H2,31,32,38). The minimum absolute atomic E-state index is 0.0313. The number of pyridine rings is 1. The van der Waals surface area contributed by atoms with E-state index in [1.54, 1.807) is 6.20 Å². The van der Waals surface area contributed by atoms with Crippen LogP contribution in [0.5, 0.6) is 0 Å². The van der Waals surface area contributed by atoms with E-state index in [1.165, 1.54) is 12.1 Å². The molecule has 7 heterocycles. The van der Waals surface area contributed by atoms with Crippen LogP contribution < -0.4 is 5.56 Å². The fourth-order valence-electron chi connectivity index (χ4n) is 6.87. The van der Waals surface area contributed by atoms with Crippen LogP contribution in [0.2, 0.25) is 0 Å². The van der Waals surface area contributed by atoms with Crippen LogP contribution in [0.1, 0.15) is 12.0 Å². The molecule has 11 heteroatoms. The molecule has 3 aliphatic rings. The zero-order chi connectivity index (χ0) is 26.4. The number of aromatic amines is 2.